The van der Waals surface area contributed by atoms with Gasteiger partial charge in [-0.2, -0.15) is 0 Å². The van der Waals surface area contributed by atoms with Gasteiger partial charge in [-0.15, -0.1) is 6.58 Å². The van der Waals surface area contributed by atoms with Gasteiger partial charge in [0.2, 0.25) is 0 Å². The number of hydrogen-bond acceptors (Lipinski definition) is 1. The summed E-state index contributed by atoms with van der Waals surface area (Å²) in [6.07, 6.45) is -0.390. The van der Waals surface area contributed by atoms with E-state index in [0.717, 1.165) is 5.57 Å². The summed E-state index contributed by atoms with van der Waals surface area (Å²) in [6, 6.07) is 4.40. The Morgan fingerprint density at radius 1 is 1.64 bits per heavy atom. The SMILES string of the molecule is C=C(C)CC(O)c1cccc(F)c1Cl. The predicted octanol–water partition coefficient (Wildman–Crippen LogP) is 3.48. The van der Waals surface area contributed by atoms with E-state index in [1.54, 1.807) is 13.0 Å². The van der Waals surface area contributed by atoms with Crippen molar-refractivity contribution < 1.29 is 9.50 Å². The smallest absolute Gasteiger partial charge is 0.142 e. The molecule has 1 rings (SSSR count). The van der Waals surface area contributed by atoms with E-state index in [-0.39, 0.29) is 5.02 Å². The molecule has 0 spiro atoms. The largest absolute Gasteiger partial charge is 0.388 e. The van der Waals surface area contributed by atoms with Crippen molar-refractivity contribution in [2.45, 2.75) is 19.4 Å². The Morgan fingerprint density at radius 3 is 2.86 bits per heavy atom. The van der Waals surface area contributed by atoms with Crippen molar-refractivity contribution in [1.82, 2.24) is 0 Å². The lowest BCUT2D eigenvalue weighted by atomic mass is 10.0. The summed E-state index contributed by atoms with van der Waals surface area (Å²) in [4.78, 5) is 0. The quantitative estimate of drug-likeness (QED) is 0.764. The van der Waals surface area contributed by atoms with Gasteiger partial charge in [0.25, 0.3) is 0 Å². The lowest BCUT2D eigenvalue weighted by molar-refractivity contribution is 0.178. The summed E-state index contributed by atoms with van der Waals surface area (Å²) in [5.41, 5.74) is 1.24. The fourth-order valence-electron chi connectivity index (χ4n) is 1.22. The molecule has 3 heteroatoms. The normalized spacial score (nSPS) is 12.6. The van der Waals surface area contributed by atoms with Crippen molar-refractivity contribution in [1.29, 1.82) is 0 Å². The van der Waals surface area contributed by atoms with Gasteiger partial charge in [-0.3, -0.25) is 0 Å². The van der Waals surface area contributed by atoms with Gasteiger partial charge in [-0.05, 0) is 19.4 Å². The molecule has 76 valence electrons. The topological polar surface area (TPSA) is 20.2 Å². The highest BCUT2D eigenvalue weighted by atomic mass is 35.5. The van der Waals surface area contributed by atoms with E-state index in [4.69, 9.17) is 11.6 Å². The molecule has 0 aliphatic carbocycles. The molecule has 1 aromatic rings. The molecule has 1 nitrogen and oxygen atoms in total. The Hall–Kier alpha value is -0.860. The molecule has 14 heavy (non-hydrogen) atoms. The zero-order valence-corrected chi connectivity index (χ0v) is 8.68. The number of hydrogen-bond donors (Lipinski definition) is 1. The highest BCUT2D eigenvalue weighted by molar-refractivity contribution is 6.31. The highest BCUT2D eigenvalue weighted by Crippen LogP contribution is 2.28. The highest BCUT2D eigenvalue weighted by Gasteiger charge is 2.13. The van der Waals surface area contributed by atoms with Crippen LogP contribution in [-0.2, 0) is 0 Å². The Balaban J connectivity index is 2.95. The van der Waals surface area contributed by atoms with Crippen molar-refractivity contribution in [3.63, 3.8) is 0 Å². The van der Waals surface area contributed by atoms with Gasteiger partial charge >= 0.3 is 0 Å². The van der Waals surface area contributed by atoms with E-state index in [9.17, 15) is 9.50 Å². The van der Waals surface area contributed by atoms with Gasteiger partial charge in [-0.25, -0.2) is 4.39 Å². The second kappa shape index (κ2) is 4.58. The van der Waals surface area contributed by atoms with Gasteiger partial charge < -0.3 is 5.11 Å². The van der Waals surface area contributed by atoms with Crippen LogP contribution in [0.15, 0.2) is 30.4 Å². The Morgan fingerprint density at radius 2 is 2.29 bits per heavy atom. The van der Waals surface area contributed by atoms with Crippen molar-refractivity contribution >= 4 is 11.6 Å². The Labute approximate surface area is 87.8 Å². The van der Waals surface area contributed by atoms with Gasteiger partial charge in [-0.1, -0.05) is 29.3 Å². The van der Waals surface area contributed by atoms with E-state index in [2.05, 4.69) is 6.58 Å². The summed E-state index contributed by atoms with van der Waals surface area (Å²) in [6.45, 7) is 5.48. The second-order valence-corrected chi connectivity index (χ2v) is 3.70. The molecule has 0 bridgehead atoms. The summed E-state index contributed by atoms with van der Waals surface area (Å²) in [7, 11) is 0. The molecular weight excluding hydrogens is 203 g/mol. The van der Waals surface area contributed by atoms with Gasteiger partial charge in [0.05, 0.1) is 11.1 Å². The zero-order chi connectivity index (χ0) is 10.7. The van der Waals surface area contributed by atoms with Gasteiger partial charge in [0.15, 0.2) is 0 Å². The first kappa shape index (κ1) is 11.2. The number of aliphatic hydroxyl groups excluding tert-OH is 1. The molecule has 0 fully saturated rings. The lowest BCUT2D eigenvalue weighted by Gasteiger charge is -2.12. The van der Waals surface area contributed by atoms with Crippen LogP contribution in [0, 0.1) is 5.82 Å². The predicted molar refractivity (Wildman–Crippen MR) is 55.8 cm³/mol. The molecule has 0 aliphatic rings. The molecule has 1 N–H and O–H groups in total. The second-order valence-electron chi connectivity index (χ2n) is 3.32. The van der Waals surface area contributed by atoms with Gasteiger partial charge in [0, 0.05) is 5.56 Å². The molecule has 0 saturated carbocycles. The third-order valence-electron chi connectivity index (χ3n) is 1.88. The van der Waals surface area contributed by atoms with Crippen LogP contribution in [0.3, 0.4) is 0 Å². The van der Waals surface area contributed by atoms with Gasteiger partial charge in [0.1, 0.15) is 5.82 Å². The van der Waals surface area contributed by atoms with Crippen LogP contribution >= 0.6 is 11.6 Å². The molecular formula is C11H12ClFO. The average molecular weight is 215 g/mol. The van der Waals surface area contributed by atoms with Crippen LogP contribution in [0.1, 0.15) is 25.0 Å². The number of rotatable bonds is 3. The van der Waals surface area contributed by atoms with Crippen LogP contribution in [0.2, 0.25) is 5.02 Å². The van der Waals surface area contributed by atoms with E-state index < -0.39 is 11.9 Å². The molecule has 0 aromatic heterocycles. The average Bonchev–Trinajstić information content (AvgIpc) is 2.08. The monoisotopic (exact) mass is 214 g/mol. The van der Waals surface area contributed by atoms with E-state index in [0.29, 0.717) is 12.0 Å². The summed E-state index contributed by atoms with van der Waals surface area (Å²) in [5, 5.41) is 9.67. The number of aliphatic hydroxyl groups is 1. The van der Waals surface area contributed by atoms with Crippen LogP contribution in [0.4, 0.5) is 4.39 Å². The maximum absolute atomic E-state index is 13.0. The van der Waals surface area contributed by atoms with Crippen molar-refractivity contribution in [3.05, 3.63) is 46.8 Å². The van der Waals surface area contributed by atoms with Crippen LogP contribution < -0.4 is 0 Å². The van der Waals surface area contributed by atoms with Crippen LogP contribution in [0.25, 0.3) is 0 Å². The number of benzene rings is 1. The minimum atomic E-state index is -0.782. The molecule has 0 heterocycles. The van der Waals surface area contributed by atoms with Crippen molar-refractivity contribution in [3.8, 4) is 0 Å². The molecule has 1 unspecified atom stereocenters. The summed E-state index contributed by atoms with van der Waals surface area (Å²) < 4.78 is 13.0. The fraction of sp³-hybridized carbons (Fsp3) is 0.273. The third-order valence-corrected chi connectivity index (χ3v) is 2.28. The maximum Gasteiger partial charge on any atom is 0.142 e. The molecule has 1 atom stereocenters. The zero-order valence-electron chi connectivity index (χ0n) is 7.93. The first-order chi connectivity index (χ1) is 6.52. The standard InChI is InChI=1S/C11H12ClFO/c1-7(2)6-10(14)8-4-3-5-9(13)11(8)12/h3-5,10,14H,1,6H2,2H3. The third kappa shape index (κ3) is 2.56. The van der Waals surface area contributed by atoms with E-state index in [1.807, 2.05) is 0 Å². The molecule has 0 aliphatic heterocycles. The van der Waals surface area contributed by atoms with E-state index >= 15 is 0 Å². The molecule has 0 amide bonds. The van der Waals surface area contributed by atoms with E-state index in [1.165, 1.54) is 12.1 Å². The first-order valence-corrected chi connectivity index (χ1v) is 4.66. The van der Waals surface area contributed by atoms with Crippen molar-refractivity contribution in [2.24, 2.45) is 0 Å². The summed E-state index contributed by atoms with van der Waals surface area (Å²) in [5.74, 6) is -0.509. The van der Waals surface area contributed by atoms with Crippen LogP contribution in [-0.4, -0.2) is 5.11 Å². The maximum atomic E-state index is 13.0. The minimum Gasteiger partial charge on any atom is -0.388 e. The number of halogens is 2. The molecule has 0 saturated heterocycles. The molecule has 0 radical (unpaired) electrons. The first-order valence-electron chi connectivity index (χ1n) is 4.28. The Kier molecular flexibility index (Phi) is 3.67. The van der Waals surface area contributed by atoms with Crippen LogP contribution in [0.5, 0.6) is 0 Å². The minimum absolute atomic E-state index is 0.0127. The lowest BCUT2D eigenvalue weighted by Crippen LogP contribution is -1.99. The molecule has 1 aromatic carbocycles. The fourth-order valence-corrected chi connectivity index (χ4v) is 1.47. The summed E-state index contributed by atoms with van der Waals surface area (Å²) >= 11 is 5.71. The van der Waals surface area contributed by atoms with Crippen molar-refractivity contribution in [2.75, 3.05) is 0 Å². The Bertz CT molecular complexity index is 349.